The Morgan fingerprint density at radius 2 is 1.78 bits per heavy atom. The number of amides is 1. The number of hydrogen-bond acceptors (Lipinski definition) is 4. The summed E-state index contributed by atoms with van der Waals surface area (Å²) in [6.07, 6.45) is 7.66. The number of nitrogens with one attached hydrogen (secondary N) is 1. The molecule has 23 heavy (non-hydrogen) atoms. The Morgan fingerprint density at radius 1 is 1.13 bits per heavy atom. The normalized spacial score (nSPS) is 14.3. The van der Waals surface area contributed by atoms with Crippen LogP contribution in [0.1, 0.15) is 67.2 Å². The molecule has 134 valence electrons. The van der Waals surface area contributed by atoms with Gasteiger partial charge in [0.1, 0.15) is 11.7 Å². The van der Waals surface area contributed by atoms with Gasteiger partial charge in [-0.15, -0.1) is 0 Å². The lowest BCUT2D eigenvalue weighted by molar-refractivity contribution is -0.147. The molecule has 5 heteroatoms. The summed E-state index contributed by atoms with van der Waals surface area (Å²) in [6, 6.07) is 0. The molecule has 0 aliphatic rings. The molecule has 0 aromatic carbocycles. The number of allylic oxidation sites excluding steroid dienone is 2. The van der Waals surface area contributed by atoms with Crippen molar-refractivity contribution in [2.24, 2.45) is 5.92 Å². The van der Waals surface area contributed by atoms with Crippen LogP contribution in [0.3, 0.4) is 0 Å². The van der Waals surface area contributed by atoms with Crippen molar-refractivity contribution in [1.29, 1.82) is 0 Å². The Kier molecular flexibility index (Phi) is 10.4. The summed E-state index contributed by atoms with van der Waals surface area (Å²) in [5.41, 5.74) is -0.452. The molecule has 0 aliphatic carbocycles. The van der Waals surface area contributed by atoms with Crippen molar-refractivity contribution < 1.29 is 19.1 Å². The first-order valence-electron chi connectivity index (χ1n) is 8.41. The zero-order valence-corrected chi connectivity index (χ0v) is 15.5. The lowest BCUT2D eigenvalue weighted by Gasteiger charge is -2.19. The fourth-order valence-electron chi connectivity index (χ4n) is 1.89. The van der Waals surface area contributed by atoms with Gasteiger partial charge in [0, 0.05) is 13.5 Å². The third kappa shape index (κ3) is 13.8. The van der Waals surface area contributed by atoms with Gasteiger partial charge >= 0.3 is 12.1 Å². The summed E-state index contributed by atoms with van der Waals surface area (Å²) in [6.45, 7) is 11.6. The van der Waals surface area contributed by atoms with Crippen molar-refractivity contribution >= 4 is 12.1 Å². The van der Waals surface area contributed by atoms with E-state index in [1.165, 1.54) is 6.92 Å². The second kappa shape index (κ2) is 11.1. The van der Waals surface area contributed by atoms with Gasteiger partial charge in [-0.2, -0.15) is 0 Å². The number of hydrogen-bond donors (Lipinski definition) is 1. The van der Waals surface area contributed by atoms with Crippen molar-refractivity contribution in [3.63, 3.8) is 0 Å². The molecule has 1 amide bonds. The summed E-state index contributed by atoms with van der Waals surface area (Å²) in [4.78, 5) is 22.3. The van der Waals surface area contributed by atoms with E-state index in [2.05, 4.69) is 24.4 Å². The van der Waals surface area contributed by atoms with Crippen LogP contribution in [-0.4, -0.2) is 30.3 Å². The number of esters is 1. The first kappa shape index (κ1) is 21.5. The second-order valence-electron chi connectivity index (χ2n) is 6.92. The van der Waals surface area contributed by atoms with Crippen LogP contribution in [0.15, 0.2) is 12.2 Å². The minimum absolute atomic E-state index is 0.0600. The molecule has 2 unspecified atom stereocenters. The number of carbonyl (C=O) groups is 2. The molecule has 0 rings (SSSR count). The van der Waals surface area contributed by atoms with E-state index in [4.69, 9.17) is 9.47 Å². The van der Waals surface area contributed by atoms with Crippen molar-refractivity contribution in [3.8, 4) is 0 Å². The molecule has 0 saturated heterocycles. The number of ether oxygens (including phenoxy) is 2. The van der Waals surface area contributed by atoms with Gasteiger partial charge in [-0.3, -0.25) is 4.79 Å². The maximum Gasteiger partial charge on any atom is 0.407 e. The average molecular weight is 327 g/mol. The molecular weight excluding hydrogens is 294 g/mol. The molecule has 5 nitrogen and oxygen atoms in total. The topological polar surface area (TPSA) is 64.6 Å². The first-order valence-corrected chi connectivity index (χ1v) is 8.41. The molecule has 0 aromatic heterocycles. The third-order valence-corrected chi connectivity index (χ3v) is 3.29. The van der Waals surface area contributed by atoms with Crippen LogP contribution in [0.2, 0.25) is 0 Å². The summed E-state index contributed by atoms with van der Waals surface area (Å²) in [5.74, 6) is 0.0785. The Morgan fingerprint density at radius 3 is 2.35 bits per heavy atom. The number of carbonyl (C=O) groups excluding carboxylic acids is 2. The molecule has 0 aliphatic heterocycles. The minimum Gasteiger partial charge on any atom is -0.463 e. The van der Waals surface area contributed by atoms with Crippen LogP contribution in [-0.2, 0) is 14.3 Å². The van der Waals surface area contributed by atoms with Gasteiger partial charge in [-0.1, -0.05) is 19.1 Å². The monoisotopic (exact) mass is 327 g/mol. The number of alkyl carbamates (subject to hydrolysis) is 1. The van der Waals surface area contributed by atoms with Crippen LogP contribution in [0.25, 0.3) is 0 Å². The molecule has 0 aromatic rings. The van der Waals surface area contributed by atoms with Crippen molar-refractivity contribution in [3.05, 3.63) is 12.2 Å². The Labute approximate surface area is 140 Å². The summed E-state index contributed by atoms with van der Waals surface area (Å²) in [7, 11) is 0. The van der Waals surface area contributed by atoms with E-state index >= 15 is 0 Å². The van der Waals surface area contributed by atoms with E-state index in [1.807, 2.05) is 27.7 Å². The molecule has 0 fully saturated rings. The molecule has 0 bridgehead atoms. The van der Waals surface area contributed by atoms with E-state index in [1.54, 1.807) is 0 Å². The van der Waals surface area contributed by atoms with Gasteiger partial charge in [0.25, 0.3) is 0 Å². The zero-order chi connectivity index (χ0) is 17.9. The number of unbranched alkanes of at least 4 members (excludes halogenated alkanes) is 2. The maximum absolute atomic E-state index is 11.4. The van der Waals surface area contributed by atoms with Crippen molar-refractivity contribution in [2.45, 2.75) is 78.9 Å². The molecule has 0 heterocycles. The largest absolute Gasteiger partial charge is 0.463 e. The Bertz CT molecular complexity index is 385. The van der Waals surface area contributed by atoms with Gasteiger partial charge in [0.05, 0.1) is 0 Å². The van der Waals surface area contributed by atoms with Crippen LogP contribution < -0.4 is 5.32 Å². The smallest absolute Gasteiger partial charge is 0.407 e. The number of rotatable bonds is 9. The summed E-state index contributed by atoms with van der Waals surface area (Å²) >= 11 is 0. The molecule has 0 radical (unpaired) electrons. The van der Waals surface area contributed by atoms with Crippen molar-refractivity contribution in [1.82, 2.24) is 5.32 Å². The predicted molar refractivity (Wildman–Crippen MR) is 92.2 cm³/mol. The standard InChI is InChI=1S/C18H33NO4/c1-14(15(2)22-16(3)20)12-10-8-7-9-11-13-19-17(21)23-18(4,5)6/h8,10,14-15H,7,9,11-13H2,1-6H3,(H,19,21). The lowest BCUT2D eigenvalue weighted by Crippen LogP contribution is -2.32. The van der Waals surface area contributed by atoms with Crippen LogP contribution in [0.5, 0.6) is 0 Å². The molecule has 0 spiro atoms. The highest BCUT2D eigenvalue weighted by Gasteiger charge is 2.15. The van der Waals surface area contributed by atoms with E-state index in [0.717, 1.165) is 25.7 Å². The Balaban J connectivity index is 3.65. The van der Waals surface area contributed by atoms with Crippen LogP contribution in [0, 0.1) is 5.92 Å². The van der Waals surface area contributed by atoms with Gasteiger partial charge in [0.2, 0.25) is 0 Å². The maximum atomic E-state index is 11.4. The van der Waals surface area contributed by atoms with Crippen LogP contribution >= 0.6 is 0 Å². The fraction of sp³-hybridized carbons (Fsp3) is 0.778. The average Bonchev–Trinajstić information content (AvgIpc) is 2.38. The van der Waals surface area contributed by atoms with Gasteiger partial charge in [-0.25, -0.2) is 4.79 Å². The highest BCUT2D eigenvalue weighted by atomic mass is 16.6. The summed E-state index contributed by atoms with van der Waals surface area (Å²) < 4.78 is 10.3. The lowest BCUT2D eigenvalue weighted by atomic mass is 10.0. The SMILES string of the molecule is CC(=O)OC(C)C(C)CC=CCCCCNC(=O)OC(C)(C)C. The van der Waals surface area contributed by atoms with E-state index in [9.17, 15) is 9.59 Å². The molecule has 2 atom stereocenters. The fourth-order valence-corrected chi connectivity index (χ4v) is 1.89. The highest BCUT2D eigenvalue weighted by Crippen LogP contribution is 2.13. The van der Waals surface area contributed by atoms with Crippen LogP contribution in [0.4, 0.5) is 4.79 Å². The minimum atomic E-state index is -0.452. The zero-order valence-electron chi connectivity index (χ0n) is 15.5. The quantitative estimate of drug-likeness (QED) is 0.391. The van der Waals surface area contributed by atoms with E-state index in [0.29, 0.717) is 12.5 Å². The third-order valence-electron chi connectivity index (χ3n) is 3.29. The van der Waals surface area contributed by atoms with E-state index in [-0.39, 0.29) is 18.2 Å². The van der Waals surface area contributed by atoms with E-state index < -0.39 is 5.60 Å². The van der Waals surface area contributed by atoms with Gasteiger partial charge in [0.15, 0.2) is 0 Å². The highest BCUT2D eigenvalue weighted by molar-refractivity contribution is 5.67. The molecule has 0 saturated carbocycles. The summed E-state index contributed by atoms with van der Waals surface area (Å²) in [5, 5.41) is 2.75. The van der Waals surface area contributed by atoms with Gasteiger partial charge in [-0.05, 0) is 59.3 Å². The first-order chi connectivity index (χ1) is 10.6. The Hall–Kier alpha value is -1.52. The molecule has 1 N–H and O–H groups in total. The second-order valence-corrected chi connectivity index (χ2v) is 6.92. The van der Waals surface area contributed by atoms with Gasteiger partial charge < -0.3 is 14.8 Å². The van der Waals surface area contributed by atoms with Crippen molar-refractivity contribution in [2.75, 3.05) is 6.54 Å². The molecular formula is C18H33NO4. The predicted octanol–water partition coefficient (Wildman–Crippen LogP) is 4.22.